The van der Waals surface area contributed by atoms with E-state index in [2.05, 4.69) is 5.32 Å². The van der Waals surface area contributed by atoms with Gasteiger partial charge in [0.25, 0.3) is 0 Å². The van der Waals surface area contributed by atoms with Gasteiger partial charge < -0.3 is 11.1 Å². The normalized spacial score (nSPS) is 21.0. The van der Waals surface area contributed by atoms with Crippen LogP contribution in [0.25, 0.3) is 0 Å². The van der Waals surface area contributed by atoms with E-state index in [1.54, 1.807) is 0 Å². The third-order valence-corrected chi connectivity index (χ3v) is 1.88. The van der Waals surface area contributed by atoms with E-state index in [0.29, 0.717) is 12.5 Å². The first-order valence-corrected chi connectivity index (χ1v) is 3.87. The predicted octanol–water partition coefficient (Wildman–Crippen LogP) is 0.283. The molecule has 0 amide bonds. The van der Waals surface area contributed by atoms with Crippen LogP contribution in [0.3, 0.4) is 0 Å². The lowest BCUT2D eigenvalue weighted by Gasteiger charge is -2.09. The van der Waals surface area contributed by atoms with Crippen molar-refractivity contribution in [2.75, 3.05) is 19.8 Å². The predicted molar refractivity (Wildman–Crippen MR) is 39.5 cm³/mol. The molecule has 1 aliphatic rings. The van der Waals surface area contributed by atoms with Crippen LogP contribution in [0.1, 0.15) is 12.8 Å². The van der Waals surface area contributed by atoms with E-state index in [4.69, 9.17) is 5.73 Å². The lowest BCUT2D eigenvalue weighted by atomic mass is 10.2. The van der Waals surface area contributed by atoms with E-state index in [1.165, 1.54) is 12.8 Å². The molecule has 0 aromatic heterocycles. The molecule has 2 nitrogen and oxygen atoms in total. The minimum Gasteiger partial charge on any atom is -0.326 e. The molecule has 0 radical (unpaired) electrons. The fourth-order valence-electron chi connectivity index (χ4n) is 1.03. The summed E-state index contributed by atoms with van der Waals surface area (Å²) < 4.78 is 11.6. The summed E-state index contributed by atoms with van der Waals surface area (Å²) in [5.74, 6) is 0.715. The van der Waals surface area contributed by atoms with Crippen LogP contribution in [0, 0.1) is 5.92 Å². The number of nitrogens with two attached hydrogens (primary N) is 1. The quantitative estimate of drug-likeness (QED) is 0.547. The highest BCUT2D eigenvalue weighted by atomic mass is 19.1. The van der Waals surface area contributed by atoms with Gasteiger partial charge >= 0.3 is 0 Å². The minimum absolute atomic E-state index is 0.256. The second kappa shape index (κ2) is 3.88. The molecular weight excluding hydrogens is 131 g/mol. The van der Waals surface area contributed by atoms with Crippen molar-refractivity contribution in [3.8, 4) is 0 Å². The second-order valence-corrected chi connectivity index (χ2v) is 2.89. The molecule has 0 spiro atoms. The number of rotatable bonds is 5. The summed E-state index contributed by atoms with van der Waals surface area (Å²) in [6.07, 6.45) is 2.52. The standard InChI is InChI=1S/C7H15FN2/c8-3-4-10-5-7(9)6-1-2-6/h6-7,10H,1-5,9H2. The Morgan fingerprint density at radius 1 is 1.60 bits per heavy atom. The lowest BCUT2D eigenvalue weighted by molar-refractivity contribution is 0.447. The zero-order valence-electron chi connectivity index (χ0n) is 6.15. The van der Waals surface area contributed by atoms with Crippen molar-refractivity contribution in [3.05, 3.63) is 0 Å². The summed E-state index contributed by atoms with van der Waals surface area (Å²) in [5.41, 5.74) is 5.73. The van der Waals surface area contributed by atoms with Crippen LogP contribution in [0.5, 0.6) is 0 Å². The van der Waals surface area contributed by atoms with Gasteiger partial charge in [0.2, 0.25) is 0 Å². The molecule has 0 heterocycles. The van der Waals surface area contributed by atoms with E-state index in [9.17, 15) is 4.39 Å². The maximum absolute atomic E-state index is 11.6. The Bertz CT molecular complexity index is 93.6. The molecule has 0 saturated heterocycles. The molecule has 3 N–H and O–H groups in total. The zero-order valence-corrected chi connectivity index (χ0v) is 6.15. The molecule has 1 rings (SSSR count). The van der Waals surface area contributed by atoms with Crippen LogP contribution < -0.4 is 11.1 Å². The Morgan fingerprint density at radius 3 is 2.80 bits per heavy atom. The van der Waals surface area contributed by atoms with Gasteiger partial charge in [-0.25, -0.2) is 4.39 Å². The van der Waals surface area contributed by atoms with Crippen LogP contribution in [-0.4, -0.2) is 25.8 Å². The van der Waals surface area contributed by atoms with Crippen molar-refractivity contribution in [3.63, 3.8) is 0 Å². The van der Waals surface area contributed by atoms with Gasteiger partial charge in [-0.15, -0.1) is 0 Å². The van der Waals surface area contributed by atoms with E-state index in [0.717, 1.165) is 6.54 Å². The Labute approximate surface area is 61.0 Å². The summed E-state index contributed by atoms with van der Waals surface area (Å²) in [6, 6.07) is 0.256. The Hall–Kier alpha value is -0.150. The number of nitrogens with one attached hydrogen (secondary N) is 1. The fourth-order valence-corrected chi connectivity index (χ4v) is 1.03. The molecule has 0 aliphatic heterocycles. The molecule has 3 heteroatoms. The molecule has 0 aromatic rings. The summed E-state index contributed by atoms with van der Waals surface area (Å²) in [4.78, 5) is 0. The van der Waals surface area contributed by atoms with Crippen LogP contribution in [0.4, 0.5) is 4.39 Å². The van der Waals surface area contributed by atoms with Crippen molar-refractivity contribution < 1.29 is 4.39 Å². The zero-order chi connectivity index (χ0) is 7.40. The SMILES string of the molecule is NC(CNCCF)C1CC1. The number of hydrogen-bond acceptors (Lipinski definition) is 2. The van der Waals surface area contributed by atoms with Crippen LogP contribution in [0.2, 0.25) is 0 Å². The molecule has 1 unspecified atom stereocenters. The van der Waals surface area contributed by atoms with Gasteiger partial charge in [-0.3, -0.25) is 0 Å². The molecule has 0 aromatic carbocycles. The van der Waals surface area contributed by atoms with Crippen molar-refractivity contribution in [2.24, 2.45) is 11.7 Å². The smallest absolute Gasteiger partial charge is 0.102 e. The molecule has 10 heavy (non-hydrogen) atoms. The Kier molecular flexibility index (Phi) is 3.09. The van der Waals surface area contributed by atoms with Crippen molar-refractivity contribution in [1.82, 2.24) is 5.32 Å². The number of halogens is 1. The van der Waals surface area contributed by atoms with Crippen molar-refractivity contribution in [1.29, 1.82) is 0 Å². The summed E-state index contributed by atoms with van der Waals surface area (Å²) in [5, 5.41) is 2.96. The summed E-state index contributed by atoms with van der Waals surface area (Å²) in [6.45, 7) is 0.923. The van der Waals surface area contributed by atoms with Gasteiger partial charge in [0.15, 0.2) is 0 Å². The first kappa shape index (κ1) is 7.95. The maximum Gasteiger partial charge on any atom is 0.102 e. The van der Waals surface area contributed by atoms with E-state index < -0.39 is 0 Å². The van der Waals surface area contributed by atoms with Crippen molar-refractivity contribution >= 4 is 0 Å². The highest BCUT2D eigenvalue weighted by Gasteiger charge is 2.27. The highest BCUT2D eigenvalue weighted by molar-refractivity contribution is 4.84. The molecule has 0 bridgehead atoms. The van der Waals surface area contributed by atoms with E-state index in [-0.39, 0.29) is 12.7 Å². The van der Waals surface area contributed by atoms with Crippen molar-refractivity contribution in [2.45, 2.75) is 18.9 Å². The van der Waals surface area contributed by atoms with Gasteiger partial charge in [-0.1, -0.05) is 0 Å². The topological polar surface area (TPSA) is 38.0 Å². The average molecular weight is 146 g/mol. The van der Waals surface area contributed by atoms with Gasteiger partial charge in [0.1, 0.15) is 6.67 Å². The van der Waals surface area contributed by atoms with Gasteiger partial charge in [0, 0.05) is 19.1 Å². The first-order chi connectivity index (χ1) is 4.84. The van der Waals surface area contributed by atoms with Gasteiger partial charge in [-0.2, -0.15) is 0 Å². The monoisotopic (exact) mass is 146 g/mol. The third-order valence-electron chi connectivity index (χ3n) is 1.88. The van der Waals surface area contributed by atoms with E-state index in [1.807, 2.05) is 0 Å². The molecular formula is C7H15FN2. The average Bonchev–Trinajstić information content (AvgIpc) is 2.69. The lowest BCUT2D eigenvalue weighted by Crippen LogP contribution is -2.36. The minimum atomic E-state index is -0.294. The molecule has 1 fully saturated rings. The molecule has 1 aliphatic carbocycles. The Morgan fingerprint density at radius 2 is 2.30 bits per heavy atom. The largest absolute Gasteiger partial charge is 0.326 e. The first-order valence-electron chi connectivity index (χ1n) is 3.87. The van der Waals surface area contributed by atoms with Crippen LogP contribution in [0.15, 0.2) is 0 Å². The highest BCUT2D eigenvalue weighted by Crippen LogP contribution is 2.31. The summed E-state index contributed by atoms with van der Waals surface area (Å²) in [7, 11) is 0. The van der Waals surface area contributed by atoms with Crippen LogP contribution >= 0.6 is 0 Å². The van der Waals surface area contributed by atoms with E-state index >= 15 is 0 Å². The fraction of sp³-hybridized carbons (Fsp3) is 1.00. The molecule has 1 saturated carbocycles. The molecule has 60 valence electrons. The second-order valence-electron chi connectivity index (χ2n) is 2.89. The number of hydrogen-bond donors (Lipinski definition) is 2. The summed E-state index contributed by atoms with van der Waals surface area (Å²) >= 11 is 0. The van der Waals surface area contributed by atoms with Gasteiger partial charge in [0.05, 0.1) is 0 Å². The Balaban J connectivity index is 1.90. The number of alkyl halides is 1. The maximum atomic E-state index is 11.6. The molecule has 1 atom stereocenters. The third kappa shape index (κ3) is 2.62. The van der Waals surface area contributed by atoms with Crippen LogP contribution in [-0.2, 0) is 0 Å². The van der Waals surface area contributed by atoms with Gasteiger partial charge in [-0.05, 0) is 18.8 Å².